The zero-order chi connectivity index (χ0) is 25.1. The maximum Gasteiger partial charge on any atom is 0.254 e. The second kappa shape index (κ2) is 10.3. The van der Waals surface area contributed by atoms with E-state index >= 15 is 0 Å². The Morgan fingerprint density at radius 1 is 1.29 bits per heavy atom. The van der Waals surface area contributed by atoms with Crippen LogP contribution in [0.4, 0.5) is 0 Å². The van der Waals surface area contributed by atoms with Gasteiger partial charge in [-0.1, -0.05) is 40.7 Å². The maximum absolute atomic E-state index is 14.3. The Morgan fingerprint density at radius 2 is 2.03 bits per heavy atom. The topological polar surface area (TPSA) is 51.1 Å². The van der Waals surface area contributed by atoms with Gasteiger partial charge in [0.05, 0.1) is 19.8 Å². The molecular formula is C29H40N2O3. The molecule has 0 aliphatic carbocycles. The number of carbonyl (C=O) groups excluding carboxylic acids is 1. The molecule has 3 atom stereocenters. The molecule has 34 heavy (non-hydrogen) atoms. The fourth-order valence-corrected chi connectivity index (χ4v) is 5.68. The lowest BCUT2D eigenvalue weighted by Crippen LogP contribution is -2.50. The molecule has 1 saturated heterocycles. The van der Waals surface area contributed by atoms with Gasteiger partial charge < -0.3 is 14.4 Å². The molecule has 0 unspecified atom stereocenters. The molecule has 5 heteroatoms. The first-order valence-electron chi connectivity index (χ1n) is 12.2. The Hall–Kier alpha value is -2.62. The summed E-state index contributed by atoms with van der Waals surface area (Å²) in [6.45, 7) is 13.7. The van der Waals surface area contributed by atoms with E-state index in [1.54, 1.807) is 26.5 Å². The predicted molar refractivity (Wildman–Crippen MR) is 139 cm³/mol. The van der Waals surface area contributed by atoms with Gasteiger partial charge in [0.25, 0.3) is 5.91 Å². The van der Waals surface area contributed by atoms with Crippen LogP contribution in [0, 0.1) is 11.8 Å². The van der Waals surface area contributed by atoms with Crippen LogP contribution in [0.5, 0.6) is 5.75 Å². The summed E-state index contributed by atoms with van der Waals surface area (Å²) >= 11 is 0. The first kappa shape index (κ1) is 26.0. The molecule has 0 spiro atoms. The lowest BCUT2D eigenvalue weighted by Gasteiger charge is -2.40. The third kappa shape index (κ3) is 5.37. The Bertz CT molecular complexity index is 1020. The molecule has 3 rings (SSSR count). The van der Waals surface area contributed by atoms with Crippen LogP contribution in [-0.4, -0.2) is 49.4 Å². The van der Waals surface area contributed by atoms with E-state index in [4.69, 9.17) is 9.47 Å². The first-order valence-corrected chi connectivity index (χ1v) is 12.2. The zero-order valence-electron chi connectivity index (χ0n) is 22.0. The summed E-state index contributed by atoms with van der Waals surface area (Å²) in [7, 11) is 3.40. The minimum Gasteiger partial charge on any atom is -0.496 e. The van der Waals surface area contributed by atoms with E-state index in [0.29, 0.717) is 18.1 Å². The Kier molecular flexibility index (Phi) is 7.90. The van der Waals surface area contributed by atoms with Crippen molar-refractivity contribution >= 4 is 12.1 Å². The Labute approximate surface area is 205 Å². The average Bonchev–Trinajstić information content (AvgIpc) is 2.91. The van der Waals surface area contributed by atoms with Gasteiger partial charge in [0, 0.05) is 42.1 Å². The quantitative estimate of drug-likeness (QED) is 0.468. The third-order valence-electron chi connectivity index (χ3n) is 6.78. The molecule has 2 aliphatic heterocycles. The Balaban J connectivity index is 2.14. The fraction of sp³-hybridized carbons (Fsp3) is 0.552. The molecule has 184 valence electrons. The minimum absolute atomic E-state index is 0.0111. The lowest BCUT2D eigenvalue weighted by molar-refractivity contribution is 0.0503. The van der Waals surface area contributed by atoms with Crippen LogP contribution in [-0.2, 0) is 10.2 Å². The highest BCUT2D eigenvalue weighted by Gasteiger charge is 2.52. The zero-order valence-corrected chi connectivity index (χ0v) is 22.0. The van der Waals surface area contributed by atoms with Gasteiger partial charge in [0.1, 0.15) is 5.75 Å². The van der Waals surface area contributed by atoms with Crippen LogP contribution >= 0.6 is 0 Å². The van der Waals surface area contributed by atoms with Crippen molar-refractivity contribution in [1.82, 2.24) is 4.90 Å². The number of aliphatic imine (C=N–C) groups is 1. The van der Waals surface area contributed by atoms with Gasteiger partial charge in [-0.3, -0.25) is 9.79 Å². The third-order valence-corrected chi connectivity index (χ3v) is 6.78. The molecule has 1 aromatic rings. The number of hydrogen-bond donors (Lipinski definition) is 0. The van der Waals surface area contributed by atoms with Crippen LogP contribution < -0.4 is 4.74 Å². The molecule has 5 nitrogen and oxygen atoms in total. The van der Waals surface area contributed by atoms with Gasteiger partial charge >= 0.3 is 0 Å². The number of ether oxygens (including phenoxy) is 2. The van der Waals surface area contributed by atoms with Crippen molar-refractivity contribution < 1.29 is 14.3 Å². The maximum atomic E-state index is 14.3. The van der Waals surface area contributed by atoms with Crippen molar-refractivity contribution in [3.05, 3.63) is 59.0 Å². The number of likely N-dealkylation sites (tertiary alicyclic amines) is 1. The molecule has 2 aliphatic rings. The number of rotatable bonds is 7. The number of hydrogen-bond acceptors (Lipinski definition) is 4. The van der Waals surface area contributed by atoms with Gasteiger partial charge in [-0.2, -0.15) is 0 Å². The van der Waals surface area contributed by atoms with Crippen molar-refractivity contribution in [3.63, 3.8) is 0 Å². The second-order valence-electron chi connectivity index (χ2n) is 11.2. The monoisotopic (exact) mass is 464 g/mol. The minimum atomic E-state index is -0.316. The second-order valence-corrected chi connectivity index (χ2v) is 11.2. The molecule has 0 saturated carbocycles. The number of amides is 1. The molecule has 1 fully saturated rings. The van der Waals surface area contributed by atoms with Gasteiger partial charge in [-0.25, -0.2) is 0 Å². The highest BCUT2D eigenvalue weighted by atomic mass is 16.5. The van der Waals surface area contributed by atoms with Gasteiger partial charge in [-0.15, -0.1) is 5.73 Å². The van der Waals surface area contributed by atoms with Crippen LogP contribution in [0.2, 0.25) is 0 Å². The molecule has 0 radical (unpaired) electrons. The van der Waals surface area contributed by atoms with E-state index in [1.165, 1.54) is 0 Å². The van der Waals surface area contributed by atoms with Crippen LogP contribution in [0.15, 0.2) is 52.8 Å². The summed E-state index contributed by atoms with van der Waals surface area (Å²) in [5.41, 5.74) is 5.48. The highest BCUT2D eigenvalue weighted by Crippen LogP contribution is 2.46. The van der Waals surface area contributed by atoms with Gasteiger partial charge in [-0.05, 0) is 60.9 Å². The summed E-state index contributed by atoms with van der Waals surface area (Å²) in [6.07, 6.45) is 9.09. The number of nitrogens with zero attached hydrogens (tertiary/aromatic N) is 2. The van der Waals surface area contributed by atoms with E-state index in [-0.39, 0.29) is 28.8 Å². The predicted octanol–water partition coefficient (Wildman–Crippen LogP) is 5.95. The van der Waals surface area contributed by atoms with Crippen molar-refractivity contribution in [2.75, 3.05) is 20.8 Å². The molecule has 2 heterocycles. The number of carbonyl (C=O) groups is 1. The SMILES string of the molecule is COC[C@@H]1C[C@](C)(CC(C)C)N(C(=O)c2ccc(C(C)(C)C)c(OC)c2)[C@H]1C1=CN=CC=C=C1. The summed E-state index contributed by atoms with van der Waals surface area (Å²) in [5.74, 6) is 1.36. The van der Waals surface area contributed by atoms with Crippen molar-refractivity contribution in [3.8, 4) is 5.75 Å². The van der Waals surface area contributed by atoms with Gasteiger partial charge in [0.2, 0.25) is 0 Å². The van der Waals surface area contributed by atoms with E-state index in [1.807, 2.05) is 30.5 Å². The molecule has 0 bridgehead atoms. The summed E-state index contributed by atoms with van der Waals surface area (Å²) in [5, 5.41) is 0. The fourth-order valence-electron chi connectivity index (χ4n) is 5.68. The normalized spacial score (nSPS) is 24.5. The average molecular weight is 465 g/mol. The van der Waals surface area contributed by atoms with E-state index in [2.05, 4.69) is 57.2 Å². The molecule has 1 amide bonds. The van der Waals surface area contributed by atoms with Crippen molar-refractivity contribution in [1.29, 1.82) is 0 Å². The van der Waals surface area contributed by atoms with Crippen LogP contribution in [0.25, 0.3) is 0 Å². The summed E-state index contributed by atoms with van der Waals surface area (Å²) in [4.78, 5) is 20.8. The molecule has 1 aromatic carbocycles. The summed E-state index contributed by atoms with van der Waals surface area (Å²) < 4.78 is 11.4. The van der Waals surface area contributed by atoms with Gasteiger partial charge in [0.15, 0.2) is 0 Å². The van der Waals surface area contributed by atoms with Crippen LogP contribution in [0.1, 0.15) is 70.3 Å². The largest absolute Gasteiger partial charge is 0.496 e. The van der Waals surface area contributed by atoms with E-state index in [0.717, 1.165) is 29.7 Å². The van der Waals surface area contributed by atoms with Crippen molar-refractivity contribution in [2.24, 2.45) is 16.8 Å². The highest BCUT2D eigenvalue weighted by molar-refractivity contribution is 5.96. The molecule has 0 N–H and O–H groups in total. The molecule has 0 aromatic heterocycles. The standard InChI is InChI=1S/C29H40N2O3/c1-20(2)16-29(6)17-23(19-33-7)26(22-11-9-10-14-30-18-22)31(29)27(32)21-12-13-24(28(3,4)5)25(15-21)34-8/h10-15,18,20,23,26H,16-17,19H2,1-8H3/t23-,26-,29-/m0/s1. The van der Waals surface area contributed by atoms with E-state index in [9.17, 15) is 4.79 Å². The number of methoxy groups -OCH3 is 2. The van der Waals surface area contributed by atoms with E-state index < -0.39 is 0 Å². The Morgan fingerprint density at radius 3 is 2.65 bits per heavy atom. The first-order chi connectivity index (χ1) is 16.0. The smallest absolute Gasteiger partial charge is 0.254 e. The number of benzene rings is 1. The van der Waals surface area contributed by atoms with Crippen molar-refractivity contribution in [2.45, 2.75) is 71.4 Å². The lowest BCUT2D eigenvalue weighted by atomic mass is 9.84. The van der Waals surface area contributed by atoms with Crippen LogP contribution in [0.3, 0.4) is 0 Å². The summed E-state index contributed by atoms with van der Waals surface area (Å²) in [6, 6.07) is 5.72. The molecular weight excluding hydrogens is 424 g/mol.